The topological polar surface area (TPSA) is 15.3 Å². The quantitative estimate of drug-likeness (QED) is 0.197. The van der Waals surface area contributed by atoms with Crippen LogP contribution in [0, 0.1) is 0 Å². The maximum absolute atomic E-state index is 3.47. The largest absolute Gasteiger partial charge is 0.356 e. The van der Waals surface area contributed by atoms with E-state index in [4.69, 9.17) is 0 Å². The Labute approximate surface area is 267 Å². The second-order valence-corrected chi connectivity index (χ2v) is 12.2. The highest BCUT2D eigenvalue weighted by Gasteiger charge is 2.15. The lowest BCUT2D eigenvalue weighted by atomic mass is 10.0. The zero-order valence-corrected chi connectivity index (χ0v) is 25.4. The Morgan fingerprint density at radius 1 is 0.356 bits per heavy atom. The van der Waals surface area contributed by atoms with Gasteiger partial charge < -0.3 is 10.2 Å². The minimum atomic E-state index is 1.07. The molecule has 1 aromatic heterocycles. The monoisotopic (exact) mass is 594 g/mol. The summed E-state index contributed by atoms with van der Waals surface area (Å²) in [5.41, 5.74) is 10.3. The third kappa shape index (κ3) is 5.46. The zero-order chi connectivity index (χ0) is 30.0. The minimum Gasteiger partial charge on any atom is -0.356 e. The van der Waals surface area contributed by atoms with Gasteiger partial charge in [0.2, 0.25) is 0 Å². The smallest absolute Gasteiger partial charge is 0.0468 e. The number of hydrogen-bond acceptors (Lipinski definition) is 3. The number of nitrogens with zero attached hydrogens (tertiary/aromatic N) is 1. The van der Waals surface area contributed by atoms with Crippen LogP contribution in [-0.2, 0) is 0 Å². The van der Waals surface area contributed by atoms with Crippen LogP contribution >= 0.6 is 11.3 Å². The van der Waals surface area contributed by atoms with Gasteiger partial charge in [0.25, 0.3) is 0 Å². The molecule has 8 rings (SSSR count). The average molecular weight is 595 g/mol. The van der Waals surface area contributed by atoms with Gasteiger partial charge in [-0.25, -0.2) is 0 Å². The zero-order valence-electron chi connectivity index (χ0n) is 24.6. The van der Waals surface area contributed by atoms with Crippen molar-refractivity contribution in [3.8, 4) is 22.3 Å². The first-order valence-electron chi connectivity index (χ1n) is 15.2. The number of anilines is 5. The van der Waals surface area contributed by atoms with Gasteiger partial charge in [-0.05, 0) is 95.1 Å². The summed E-state index contributed by atoms with van der Waals surface area (Å²) in [5.74, 6) is 0. The van der Waals surface area contributed by atoms with E-state index in [9.17, 15) is 0 Å². The van der Waals surface area contributed by atoms with Crippen molar-refractivity contribution < 1.29 is 0 Å². The molecule has 0 fully saturated rings. The first-order valence-corrected chi connectivity index (χ1v) is 16.0. The van der Waals surface area contributed by atoms with Crippen molar-refractivity contribution in [1.29, 1.82) is 0 Å². The minimum absolute atomic E-state index is 1.07. The van der Waals surface area contributed by atoms with E-state index in [2.05, 4.69) is 168 Å². The van der Waals surface area contributed by atoms with E-state index in [0.717, 1.165) is 28.4 Å². The lowest BCUT2D eigenvalue weighted by Crippen LogP contribution is -2.09. The van der Waals surface area contributed by atoms with Crippen molar-refractivity contribution in [3.63, 3.8) is 0 Å². The molecule has 0 aliphatic rings. The molecule has 0 aliphatic carbocycles. The molecule has 0 aliphatic heterocycles. The van der Waals surface area contributed by atoms with Crippen molar-refractivity contribution in [2.24, 2.45) is 0 Å². The molecule has 0 bridgehead atoms. The molecule has 0 amide bonds. The molecule has 1 N–H and O–H groups in total. The summed E-state index contributed by atoms with van der Waals surface area (Å²) in [7, 11) is 0. The SMILES string of the molecule is c1ccc(Nc2ccc(-c3ccc(N(c4ccc(-c5ccccc5)cc4)c4ccc5sc6ccccc6c5c4)cc3)cc2)cc1. The van der Waals surface area contributed by atoms with E-state index >= 15 is 0 Å². The number of hydrogen-bond donors (Lipinski definition) is 1. The molecule has 0 unspecified atom stereocenters. The molecular weight excluding hydrogens is 565 g/mol. The van der Waals surface area contributed by atoms with Crippen LogP contribution in [0.3, 0.4) is 0 Å². The van der Waals surface area contributed by atoms with E-state index in [1.807, 2.05) is 29.5 Å². The van der Waals surface area contributed by atoms with E-state index in [1.54, 1.807) is 0 Å². The van der Waals surface area contributed by atoms with Crippen LogP contribution in [0.2, 0.25) is 0 Å². The van der Waals surface area contributed by atoms with Gasteiger partial charge in [0, 0.05) is 48.6 Å². The van der Waals surface area contributed by atoms with E-state index < -0.39 is 0 Å². The molecule has 2 nitrogen and oxygen atoms in total. The highest BCUT2D eigenvalue weighted by Crippen LogP contribution is 2.41. The van der Waals surface area contributed by atoms with Crippen molar-refractivity contribution in [2.45, 2.75) is 0 Å². The molecule has 0 saturated heterocycles. The molecule has 7 aromatic carbocycles. The van der Waals surface area contributed by atoms with Crippen LogP contribution in [0.5, 0.6) is 0 Å². The Bertz CT molecular complexity index is 2200. The van der Waals surface area contributed by atoms with Crippen LogP contribution < -0.4 is 10.2 Å². The fourth-order valence-corrected chi connectivity index (χ4v) is 7.06. The lowest BCUT2D eigenvalue weighted by molar-refractivity contribution is 1.29. The highest BCUT2D eigenvalue weighted by molar-refractivity contribution is 7.25. The van der Waals surface area contributed by atoms with Gasteiger partial charge in [0.1, 0.15) is 0 Å². The fourth-order valence-electron chi connectivity index (χ4n) is 5.97. The molecule has 3 heteroatoms. The van der Waals surface area contributed by atoms with Crippen LogP contribution in [0.15, 0.2) is 176 Å². The third-order valence-electron chi connectivity index (χ3n) is 8.26. The molecule has 1 heterocycles. The summed E-state index contributed by atoms with van der Waals surface area (Å²) in [6.07, 6.45) is 0. The molecule has 0 radical (unpaired) electrons. The lowest BCUT2D eigenvalue weighted by Gasteiger charge is -2.26. The van der Waals surface area contributed by atoms with E-state index in [-0.39, 0.29) is 0 Å². The molecule has 214 valence electrons. The fraction of sp³-hybridized carbons (Fsp3) is 0. The summed E-state index contributed by atoms with van der Waals surface area (Å²) in [6.45, 7) is 0. The Kier molecular flexibility index (Phi) is 7.07. The van der Waals surface area contributed by atoms with Gasteiger partial charge in [-0.3, -0.25) is 0 Å². The van der Waals surface area contributed by atoms with Crippen LogP contribution in [0.25, 0.3) is 42.4 Å². The molecule has 0 atom stereocenters. The van der Waals surface area contributed by atoms with Gasteiger partial charge in [-0.1, -0.05) is 103 Å². The molecular formula is C42H30N2S. The third-order valence-corrected chi connectivity index (χ3v) is 9.41. The van der Waals surface area contributed by atoms with Crippen molar-refractivity contribution in [3.05, 3.63) is 176 Å². The predicted octanol–water partition coefficient (Wildman–Crippen LogP) is 12.6. The number of nitrogens with one attached hydrogen (secondary N) is 1. The number of fused-ring (bicyclic) bond motifs is 3. The summed E-state index contributed by atoms with van der Waals surface area (Å²) in [4.78, 5) is 2.36. The van der Waals surface area contributed by atoms with Gasteiger partial charge in [-0.2, -0.15) is 0 Å². The maximum Gasteiger partial charge on any atom is 0.0468 e. The molecule has 0 saturated carbocycles. The van der Waals surface area contributed by atoms with Crippen molar-refractivity contribution in [2.75, 3.05) is 10.2 Å². The first kappa shape index (κ1) is 26.9. The second-order valence-electron chi connectivity index (χ2n) is 11.1. The first-order chi connectivity index (χ1) is 22.3. The second kappa shape index (κ2) is 11.8. The summed E-state index contributed by atoms with van der Waals surface area (Å²) in [6, 6.07) is 62.8. The number of benzene rings is 7. The molecule has 45 heavy (non-hydrogen) atoms. The van der Waals surface area contributed by atoms with Crippen LogP contribution in [0.1, 0.15) is 0 Å². The number of para-hydroxylation sites is 1. The van der Waals surface area contributed by atoms with Crippen molar-refractivity contribution >= 4 is 59.9 Å². The number of thiophene rings is 1. The predicted molar refractivity (Wildman–Crippen MR) is 195 cm³/mol. The Morgan fingerprint density at radius 2 is 0.822 bits per heavy atom. The standard InChI is InChI=1S/C42H30N2S/c1-3-9-30(10-4-1)32-17-23-36(24-18-32)44(38-27-28-42-40(29-38)39-13-7-8-14-41(39)45-42)37-25-19-33(20-26-37)31-15-21-35(22-16-31)43-34-11-5-2-6-12-34/h1-29,43H. The normalized spacial score (nSPS) is 11.1. The van der Waals surface area contributed by atoms with Crippen LogP contribution in [-0.4, -0.2) is 0 Å². The molecule has 0 spiro atoms. The summed E-state index contributed by atoms with van der Waals surface area (Å²) >= 11 is 1.85. The maximum atomic E-state index is 3.47. The number of rotatable bonds is 7. The van der Waals surface area contributed by atoms with Crippen LogP contribution in [0.4, 0.5) is 28.4 Å². The van der Waals surface area contributed by atoms with E-state index in [0.29, 0.717) is 0 Å². The highest BCUT2D eigenvalue weighted by atomic mass is 32.1. The van der Waals surface area contributed by atoms with Gasteiger partial charge >= 0.3 is 0 Å². The summed E-state index contributed by atoms with van der Waals surface area (Å²) in [5, 5.41) is 6.07. The van der Waals surface area contributed by atoms with Gasteiger partial charge in [0.05, 0.1) is 0 Å². The average Bonchev–Trinajstić information content (AvgIpc) is 3.48. The Hall–Kier alpha value is -5.64. The summed E-state index contributed by atoms with van der Waals surface area (Å²) < 4.78 is 2.62. The Balaban J connectivity index is 1.15. The van der Waals surface area contributed by atoms with Gasteiger partial charge in [0.15, 0.2) is 0 Å². The molecule has 8 aromatic rings. The van der Waals surface area contributed by atoms with Crippen molar-refractivity contribution in [1.82, 2.24) is 0 Å². The van der Waals surface area contributed by atoms with E-state index in [1.165, 1.54) is 42.4 Å². The van der Waals surface area contributed by atoms with Gasteiger partial charge in [-0.15, -0.1) is 11.3 Å². The Morgan fingerprint density at radius 3 is 1.47 bits per heavy atom.